The molecule has 0 aliphatic heterocycles. The second kappa shape index (κ2) is 3.76. The highest BCUT2D eigenvalue weighted by molar-refractivity contribution is 5.68. The summed E-state index contributed by atoms with van der Waals surface area (Å²) in [5, 5.41) is 11.7. The fraction of sp³-hybridized carbons (Fsp3) is 0.875. The molecule has 0 aromatic rings. The van der Waals surface area contributed by atoms with Gasteiger partial charge >= 0.3 is 6.09 Å². The summed E-state index contributed by atoms with van der Waals surface area (Å²) in [4.78, 5) is 11.0. The van der Waals surface area contributed by atoms with Gasteiger partial charge in [-0.1, -0.05) is 0 Å². The zero-order valence-electron chi connectivity index (χ0n) is 7.30. The Labute approximate surface area is 71.9 Å². The van der Waals surface area contributed by atoms with Crippen molar-refractivity contribution in [1.82, 2.24) is 5.32 Å². The van der Waals surface area contributed by atoms with E-state index < -0.39 is 6.09 Å². The molecule has 0 aromatic heterocycles. The van der Waals surface area contributed by atoms with Crippen molar-refractivity contribution in [3.05, 3.63) is 0 Å². The van der Waals surface area contributed by atoms with Crippen LogP contribution in [0.1, 0.15) is 26.2 Å². The molecule has 1 saturated carbocycles. The predicted molar refractivity (Wildman–Crippen MR) is 43.8 cm³/mol. The molecule has 0 heterocycles. The molecule has 70 valence electrons. The molecule has 0 atom stereocenters. The van der Waals surface area contributed by atoms with Gasteiger partial charge in [-0.2, -0.15) is 0 Å². The summed E-state index contributed by atoms with van der Waals surface area (Å²) < 4.78 is 4.71. The molecule has 1 aliphatic rings. The largest absolute Gasteiger partial charge is 0.450 e. The van der Waals surface area contributed by atoms with E-state index in [-0.39, 0.29) is 12.1 Å². The lowest BCUT2D eigenvalue weighted by Gasteiger charge is -2.40. The average Bonchev–Trinajstić information content (AvgIpc) is 1.97. The van der Waals surface area contributed by atoms with Gasteiger partial charge in [-0.05, 0) is 26.2 Å². The van der Waals surface area contributed by atoms with Crippen molar-refractivity contribution in [2.45, 2.75) is 31.7 Å². The molecule has 0 aromatic carbocycles. The van der Waals surface area contributed by atoms with Crippen molar-refractivity contribution in [3.63, 3.8) is 0 Å². The zero-order valence-corrected chi connectivity index (χ0v) is 7.30. The Kier molecular flexibility index (Phi) is 2.92. The highest BCUT2D eigenvalue weighted by Gasteiger charge is 2.38. The first kappa shape index (κ1) is 9.32. The normalized spacial score (nSPS) is 19.5. The second-order valence-electron chi connectivity index (χ2n) is 3.14. The van der Waals surface area contributed by atoms with Gasteiger partial charge in [-0.3, -0.25) is 0 Å². The molecule has 1 rings (SSSR count). The van der Waals surface area contributed by atoms with Crippen LogP contribution in [0.15, 0.2) is 0 Å². The van der Waals surface area contributed by atoms with Gasteiger partial charge in [0.2, 0.25) is 0 Å². The molecule has 0 unspecified atom stereocenters. The Bertz CT molecular complexity index is 160. The number of amides is 1. The second-order valence-corrected chi connectivity index (χ2v) is 3.14. The number of rotatable bonds is 3. The third kappa shape index (κ3) is 1.88. The molecule has 0 bridgehead atoms. The van der Waals surface area contributed by atoms with Crippen LogP contribution in [0.5, 0.6) is 0 Å². The van der Waals surface area contributed by atoms with Gasteiger partial charge in [0.25, 0.3) is 0 Å². The van der Waals surface area contributed by atoms with E-state index in [1.165, 1.54) is 0 Å². The summed E-state index contributed by atoms with van der Waals surface area (Å²) in [6.07, 6.45) is 2.34. The molecule has 1 aliphatic carbocycles. The van der Waals surface area contributed by atoms with Crippen molar-refractivity contribution in [3.8, 4) is 0 Å². The lowest BCUT2D eigenvalue weighted by atomic mass is 9.77. The molecular formula is C8H15NO3. The van der Waals surface area contributed by atoms with Gasteiger partial charge in [-0.25, -0.2) is 4.79 Å². The van der Waals surface area contributed by atoms with E-state index in [4.69, 9.17) is 9.84 Å². The fourth-order valence-electron chi connectivity index (χ4n) is 1.31. The molecule has 1 amide bonds. The Morgan fingerprint density at radius 3 is 2.67 bits per heavy atom. The Hall–Kier alpha value is -0.770. The van der Waals surface area contributed by atoms with Gasteiger partial charge in [0.1, 0.15) is 0 Å². The molecule has 12 heavy (non-hydrogen) atoms. The van der Waals surface area contributed by atoms with Crippen LogP contribution in [-0.4, -0.2) is 30.0 Å². The lowest BCUT2D eigenvalue weighted by Crippen LogP contribution is -2.56. The number of carbonyl (C=O) groups is 1. The fourth-order valence-corrected chi connectivity index (χ4v) is 1.31. The first-order valence-corrected chi connectivity index (χ1v) is 4.28. The van der Waals surface area contributed by atoms with E-state index in [0.717, 1.165) is 19.3 Å². The summed E-state index contributed by atoms with van der Waals surface area (Å²) in [6, 6.07) is 0. The number of hydrogen-bond acceptors (Lipinski definition) is 3. The quantitative estimate of drug-likeness (QED) is 0.658. The van der Waals surface area contributed by atoms with E-state index in [2.05, 4.69) is 5.32 Å². The van der Waals surface area contributed by atoms with Crippen molar-refractivity contribution < 1.29 is 14.6 Å². The van der Waals surface area contributed by atoms with Crippen molar-refractivity contribution >= 4 is 6.09 Å². The predicted octanol–water partition coefficient (Wildman–Crippen LogP) is 0.647. The van der Waals surface area contributed by atoms with Crippen LogP contribution in [0.2, 0.25) is 0 Å². The first-order valence-electron chi connectivity index (χ1n) is 4.28. The topological polar surface area (TPSA) is 58.6 Å². The Morgan fingerprint density at radius 2 is 2.33 bits per heavy atom. The number of alkyl carbamates (subject to hydrolysis) is 1. The molecular weight excluding hydrogens is 158 g/mol. The minimum atomic E-state index is -0.425. The van der Waals surface area contributed by atoms with Gasteiger partial charge in [0.15, 0.2) is 0 Å². The summed E-state index contributed by atoms with van der Waals surface area (Å²) >= 11 is 0. The number of carbonyl (C=O) groups excluding carboxylic acids is 1. The monoisotopic (exact) mass is 173 g/mol. The van der Waals surface area contributed by atoms with Gasteiger partial charge in [0, 0.05) is 0 Å². The van der Waals surface area contributed by atoms with Crippen molar-refractivity contribution in [2.75, 3.05) is 13.2 Å². The van der Waals surface area contributed by atoms with E-state index in [1.807, 2.05) is 0 Å². The highest BCUT2D eigenvalue weighted by atomic mass is 16.5. The smallest absolute Gasteiger partial charge is 0.407 e. The molecule has 0 spiro atoms. The molecule has 0 saturated heterocycles. The van der Waals surface area contributed by atoms with Crippen LogP contribution >= 0.6 is 0 Å². The van der Waals surface area contributed by atoms with Crippen LogP contribution in [-0.2, 0) is 4.74 Å². The third-order valence-electron chi connectivity index (χ3n) is 2.26. The average molecular weight is 173 g/mol. The van der Waals surface area contributed by atoms with Gasteiger partial charge in [0.05, 0.1) is 18.8 Å². The first-order chi connectivity index (χ1) is 5.72. The van der Waals surface area contributed by atoms with Crippen LogP contribution in [0.25, 0.3) is 0 Å². The van der Waals surface area contributed by atoms with Crippen LogP contribution in [0.3, 0.4) is 0 Å². The standard InChI is InChI=1S/C8H15NO3/c1-2-12-7(11)9-8(6-10)4-3-5-8/h10H,2-6H2,1H3,(H,9,11). The van der Waals surface area contributed by atoms with E-state index in [0.29, 0.717) is 6.61 Å². The van der Waals surface area contributed by atoms with E-state index >= 15 is 0 Å². The molecule has 4 nitrogen and oxygen atoms in total. The van der Waals surface area contributed by atoms with Crippen molar-refractivity contribution in [1.29, 1.82) is 0 Å². The molecule has 1 fully saturated rings. The van der Waals surface area contributed by atoms with Crippen LogP contribution < -0.4 is 5.32 Å². The SMILES string of the molecule is CCOC(=O)NC1(CO)CCC1. The van der Waals surface area contributed by atoms with E-state index in [1.54, 1.807) is 6.92 Å². The number of aliphatic hydroxyl groups is 1. The summed E-state index contributed by atoms with van der Waals surface area (Å²) in [5.41, 5.74) is -0.383. The maximum atomic E-state index is 11.0. The maximum absolute atomic E-state index is 11.0. The summed E-state index contributed by atoms with van der Waals surface area (Å²) in [7, 11) is 0. The van der Waals surface area contributed by atoms with Crippen LogP contribution in [0, 0.1) is 0 Å². The lowest BCUT2D eigenvalue weighted by molar-refractivity contribution is 0.0730. The highest BCUT2D eigenvalue weighted by Crippen LogP contribution is 2.31. The number of aliphatic hydroxyl groups excluding tert-OH is 1. The Morgan fingerprint density at radius 1 is 1.67 bits per heavy atom. The summed E-state index contributed by atoms with van der Waals surface area (Å²) in [6.45, 7) is 2.13. The minimum absolute atomic E-state index is 0.00577. The van der Waals surface area contributed by atoms with Gasteiger partial charge < -0.3 is 15.2 Å². The molecule has 2 N–H and O–H groups in total. The van der Waals surface area contributed by atoms with E-state index in [9.17, 15) is 4.79 Å². The van der Waals surface area contributed by atoms with Gasteiger partial charge in [-0.15, -0.1) is 0 Å². The number of hydrogen-bond donors (Lipinski definition) is 2. The molecule has 4 heteroatoms. The Balaban J connectivity index is 2.32. The number of ether oxygens (including phenoxy) is 1. The van der Waals surface area contributed by atoms with Crippen LogP contribution in [0.4, 0.5) is 4.79 Å². The number of nitrogens with one attached hydrogen (secondary N) is 1. The zero-order chi connectivity index (χ0) is 9.03. The summed E-state index contributed by atoms with van der Waals surface area (Å²) in [5.74, 6) is 0. The maximum Gasteiger partial charge on any atom is 0.407 e. The molecule has 0 radical (unpaired) electrons. The third-order valence-corrected chi connectivity index (χ3v) is 2.26. The van der Waals surface area contributed by atoms with Crippen molar-refractivity contribution in [2.24, 2.45) is 0 Å². The minimum Gasteiger partial charge on any atom is -0.450 e.